The van der Waals surface area contributed by atoms with Crippen LogP contribution >= 0.6 is 0 Å². The Morgan fingerprint density at radius 2 is 1.52 bits per heavy atom. The molecule has 0 aromatic heterocycles. The third-order valence-electron chi connectivity index (χ3n) is 5.35. The van der Waals surface area contributed by atoms with Crippen molar-refractivity contribution < 1.29 is 29.0 Å². The summed E-state index contributed by atoms with van der Waals surface area (Å²) in [6.07, 6.45) is 1.48. The van der Waals surface area contributed by atoms with E-state index in [4.69, 9.17) is 9.47 Å². The number of nitrogens with zero attached hydrogens (tertiary/aromatic N) is 1. The number of likely N-dealkylation sites (tertiary alicyclic amines) is 1. The lowest BCUT2D eigenvalue weighted by Gasteiger charge is -2.39. The van der Waals surface area contributed by atoms with Crippen LogP contribution in [0.15, 0.2) is 0 Å². The SMILES string of the molecule is CC(C)[C@H](NCCCC1(C(=O)O)CCN(C(=O)OC(C)(C)C)CC1)C(=O)OC(C)(C)C. The van der Waals surface area contributed by atoms with Gasteiger partial charge >= 0.3 is 18.0 Å². The lowest BCUT2D eigenvalue weighted by atomic mass is 9.75. The van der Waals surface area contributed by atoms with Gasteiger partial charge in [-0.15, -0.1) is 0 Å². The Morgan fingerprint density at radius 3 is 1.94 bits per heavy atom. The molecule has 0 spiro atoms. The Hall–Kier alpha value is -1.83. The molecule has 0 unspecified atom stereocenters. The van der Waals surface area contributed by atoms with E-state index in [1.807, 2.05) is 55.4 Å². The van der Waals surface area contributed by atoms with Crippen LogP contribution in [0.5, 0.6) is 0 Å². The maximum absolute atomic E-state index is 12.4. The number of piperidine rings is 1. The van der Waals surface area contributed by atoms with Gasteiger partial charge in [-0.3, -0.25) is 9.59 Å². The Balaban J connectivity index is 2.60. The topological polar surface area (TPSA) is 105 Å². The predicted molar refractivity (Wildman–Crippen MR) is 119 cm³/mol. The number of hydrogen-bond donors (Lipinski definition) is 2. The van der Waals surface area contributed by atoms with Crippen molar-refractivity contribution in [1.29, 1.82) is 0 Å². The molecule has 1 fully saturated rings. The summed E-state index contributed by atoms with van der Waals surface area (Å²) >= 11 is 0. The van der Waals surface area contributed by atoms with E-state index in [2.05, 4.69) is 5.32 Å². The van der Waals surface area contributed by atoms with Gasteiger partial charge in [0.25, 0.3) is 0 Å². The molecule has 2 N–H and O–H groups in total. The second kappa shape index (κ2) is 10.7. The summed E-state index contributed by atoms with van der Waals surface area (Å²) in [4.78, 5) is 38.3. The molecular formula is C23H42N2O6. The zero-order chi connectivity index (χ0) is 24.0. The highest BCUT2D eigenvalue weighted by molar-refractivity contribution is 5.77. The first kappa shape index (κ1) is 27.2. The van der Waals surface area contributed by atoms with E-state index in [0.717, 1.165) is 0 Å². The van der Waals surface area contributed by atoms with E-state index in [9.17, 15) is 19.5 Å². The fraction of sp³-hybridized carbons (Fsp3) is 0.870. The van der Waals surface area contributed by atoms with Crippen molar-refractivity contribution in [2.45, 2.75) is 98.3 Å². The first-order valence-electron chi connectivity index (χ1n) is 11.2. The van der Waals surface area contributed by atoms with Crippen molar-refractivity contribution in [2.75, 3.05) is 19.6 Å². The summed E-state index contributed by atoms with van der Waals surface area (Å²) in [6.45, 7) is 16.1. The third-order valence-corrected chi connectivity index (χ3v) is 5.35. The number of ether oxygens (including phenoxy) is 2. The average molecular weight is 443 g/mol. The van der Waals surface area contributed by atoms with Gasteiger partial charge in [-0.2, -0.15) is 0 Å². The molecule has 1 heterocycles. The largest absolute Gasteiger partial charge is 0.481 e. The van der Waals surface area contributed by atoms with E-state index < -0.39 is 34.7 Å². The molecule has 1 rings (SSSR count). The van der Waals surface area contributed by atoms with Crippen LogP contribution in [0, 0.1) is 11.3 Å². The fourth-order valence-corrected chi connectivity index (χ4v) is 3.66. The number of carbonyl (C=O) groups is 3. The van der Waals surface area contributed by atoms with Crippen LogP contribution in [0.4, 0.5) is 4.79 Å². The smallest absolute Gasteiger partial charge is 0.410 e. The van der Waals surface area contributed by atoms with Gasteiger partial charge in [0, 0.05) is 13.1 Å². The first-order chi connectivity index (χ1) is 14.1. The Labute approximate surface area is 187 Å². The molecule has 0 aliphatic carbocycles. The molecule has 1 aliphatic rings. The number of carboxylic acid groups (broad SMARTS) is 1. The van der Waals surface area contributed by atoms with Gasteiger partial charge in [0.05, 0.1) is 5.41 Å². The second-order valence-corrected chi connectivity index (χ2v) is 10.9. The van der Waals surface area contributed by atoms with Gasteiger partial charge in [-0.1, -0.05) is 13.8 Å². The lowest BCUT2D eigenvalue weighted by Crippen LogP contribution is -2.48. The number of amides is 1. The van der Waals surface area contributed by atoms with Crippen molar-refractivity contribution in [3.05, 3.63) is 0 Å². The molecule has 1 atom stereocenters. The molecular weight excluding hydrogens is 400 g/mol. The van der Waals surface area contributed by atoms with Crippen LogP contribution in [0.1, 0.15) is 81.1 Å². The van der Waals surface area contributed by atoms with Crippen LogP contribution in [0.2, 0.25) is 0 Å². The quantitative estimate of drug-likeness (QED) is 0.435. The van der Waals surface area contributed by atoms with Crippen LogP contribution in [0.25, 0.3) is 0 Å². The second-order valence-electron chi connectivity index (χ2n) is 10.9. The Kier molecular flexibility index (Phi) is 9.35. The summed E-state index contributed by atoms with van der Waals surface area (Å²) < 4.78 is 10.9. The number of aliphatic carboxylic acids is 1. The standard InChI is InChI=1S/C23H42N2O6/c1-16(2)17(18(26)30-21(3,4)5)24-13-9-10-23(19(27)28)11-14-25(15-12-23)20(29)31-22(6,7)8/h16-17,24H,9-15H2,1-8H3,(H,27,28)/t17-/m0/s1. The summed E-state index contributed by atoms with van der Waals surface area (Å²) in [5.41, 5.74) is -1.99. The number of esters is 1. The van der Waals surface area contributed by atoms with E-state index in [1.165, 1.54) is 0 Å². The van der Waals surface area contributed by atoms with Crippen LogP contribution in [-0.4, -0.2) is 64.9 Å². The molecule has 1 saturated heterocycles. The van der Waals surface area contributed by atoms with Gasteiger partial charge in [0.1, 0.15) is 17.2 Å². The fourth-order valence-electron chi connectivity index (χ4n) is 3.66. The minimum absolute atomic E-state index is 0.0559. The first-order valence-corrected chi connectivity index (χ1v) is 11.2. The third kappa shape index (κ3) is 9.05. The maximum Gasteiger partial charge on any atom is 0.410 e. The molecule has 0 aromatic carbocycles. The summed E-state index contributed by atoms with van der Waals surface area (Å²) in [6, 6.07) is -0.436. The monoisotopic (exact) mass is 442 g/mol. The van der Waals surface area contributed by atoms with Crippen LogP contribution in [-0.2, 0) is 19.1 Å². The maximum atomic E-state index is 12.4. The molecule has 31 heavy (non-hydrogen) atoms. The van der Waals surface area contributed by atoms with Gasteiger partial charge in [0.2, 0.25) is 0 Å². The minimum atomic E-state index is -0.862. The van der Waals surface area contributed by atoms with Gasteiger partial charge < -0.3 is 24.8 Å². The summed E-state index contributed by atoms with van der Waals surface area (Å²) in [5.74, 6) is -1.06. The molecule has 8 nitrogen and oxygen atoms in total. The highest BCUT2D eigenvalue weighted by Gasteiger charge is 2.42. The van der Waals surface area contributed by atoms with Crippen molar-refractivity contribution >= 4 is 18.0 Å². The molecule has 0 aromatic rings. The zero-order valence-corrected chi connectivity index (χ0v) is 20.5. The van der Waals surface area contributed by atoms with Gasteiger partial charge in [-0.25, -0.2) is 4.79 Å². The molecule has 0 bridgehead atoms. The lowest BCUT2D eigenvalue weighted by molar-refractivity contribution is -0.159. The van der Waals surface area contributed by atoms with Crippen molar-refractivity contribution in [3.8, 4) is 0 Å². The normalized spacial score (nSPS) is 17.9. The molecule has 1 amide bonds. The predicted octanol–water partition coefficient (Wildman–Crippen LogP) is 3.82. The van der Waals surface area contributed by atoms with E-state index >= 15 is 0 Å². The summed E-state index contributed by atoms with van der Waals surface area (Å²) in [5, 5.41) is 13.1. The van der Waals surface area contributed by atoms with E-state index in [1.54, 1.807) is 4.90 Å². The molecule has 0 saturated carbocycles. The van der Waals surface area contributed by atoms with Crippen LogP contribution < -0.4 is 5.32 Å². The average Bonchev–Trinajstić information content (AvgIpc) is 2.58. The molecule has 8 heteroatoms. The van der Waals surface area contributed by atoms with Crippen molar-refractivity contribution in [1.82, 2.24) is 10.2 Å². The number of nitrogens with one attached hydrogen (secondary N) is 1. The Morgan fingerprint density at radius 1 is 1.00 bits per heavy atom. The van der Waals surface area contributed by atoms with Gasteiger partial charge in [-0.05, 0) is 79.7 Å². The number of carboxylic acids is 1. The molecule has 180 valence electrons. The van der Waals surface area contributed by atoms with Crippen molar-refractivity contribution in [2.24, 2.45) is 11.3 Å². The summed E-state index contributed by atoms with van der Waals surface area (Å²) in [7, 11) is 0. The Bertz CT molecular complexity index is 625. The molecule has 1 aliphatic heterocycles. The van der Waals surface area contributed by atoms with E-state index in [-0.39, 0.29) is 11.9 Å². The zero-order valence-electron chi connectivity index (χ0n) is 20.5. The molecule has 0 radical (unpaired) electrons. The van der Waals surface area contributed by atoms with Crippen LogP contribution in [0.3, 0.4) is 0 Å². The van der Waals surface area contributed by atoms with E-state index in [0.29, 0.717) is 45.3 Å². The minimum Gasteiger partial charge on any atom is -0.481 e. The number of hydrogen-bond acceptors (Lipinski definition) is 6. The number of rotatable bonds is 8. The highest BCUT2D eigenvalue weighted by atomic mass is 16.6. The van der Waals surface area contributed by atoms with Gasteiger partial charge in [0.15, 0.2) is 0 Å². The highest BCUT2D eigenvalue weighted by Crippen LogP contribution is 2.37. The number of carbonyl (C=O) groups excluding carboxylic acids is 2. The van der Waals surface area contributed by atoms with Crippen molar-refractivity contribution in [3.63, 3.8) is 0 Å².